The summed E-state index contributed by atoms with van der Waals surface area (Å²) in [5.74, 6) is 0.0317. The summed E-state index contributed by atoms with van der Waals surface area (Å²) in [5.41, 5.74) is 4.60. The van der Waals surface area contributed by atoms with E-state index in [2.05, 4.69) is 10.3 Å². The lowest BCUT2D eigenvalue weighted by Crippen LogP contribution is -2.35. The predicted octanol–water partition coefficient (Wildman–Crippen LogP) is -1.83. The van der Waals surface area contributed by atoms with E-state index in [-0.39, 0.29) is 31.2 Å². The van der Waals surface area contributed by atoms with Gasteiger partial charge in [0.1, 0.15) is 11.5 Å². The minimum absolute atomic E-state index is 0.0317. The lowest BCUT2D eigenvalue weighted by atomic mass is 10.4. The minimum atomic E-state index is -0.602. The van der Waals surface area contributed by atoms with Crippen molar-refractivity contribution in [2.24, 2.45) is 0 Å². The van der Waals surface area contributed by atoms with Gasteiger partial charge in [-0.3, -0.25) is 14.3 Å². The van der Waals surface area contributed by atoms with E-state index in [1.165, 1.54) is 11.7 Å². The fraction of sp³-hybridized carbons (Fsp3) is 0.556. The number of hydrogen-bond acceptors (Lipinski definition) is 6. The van der Waals surface area contributed by atoms with Gasteiger partial charge in [0, 0.05) is 13.7 Å². The molecule has 0 aromatic carbocycles. The number of H-pyrrole nitrogens is 1. The summed E-state index contributed by atoms with van der Waals surface area (Å²) < 4.78 is 6.04. The summed E-state index contributed by atoms with van der Waals surface area (Å²) in [4.78, 5) is 25.1. The molecule has 0 aliphatic rings. The van der Waals surface area contributed by atoms with Crippen molar-refractivity contribution < 1.29 is 9.84 Å². The van der Waals surface area contributed by atoms with Crippen molar-refractivity contribution in [2.45, 2.75) is 6.54 Å². The number of aromatic amines is 1. The molecule has 0 unspecified atom stereocenters. The predicted molar refractivity (Wildman–Crippen MR) is 63.2 cm³/mol. The molecule has 0 radical (unpaired) electrons. The first kappa shape index (κ1) is 13.3. The number of nitrogen functional groups attached to an aromatic ring is 1. The molecule has 0 amide bonds. The van der Waals surface area contributed by atoms with E-state index in [9.17, 15) is 9.59 Å². The van der Waals surface area contributed by atoms with Crippen molar-refractivity contribution in [2.75, 3.05) is 37.9 Å². The number of nitrogens with one attached hydrogen (secondary N) is 2. The maximum atomic E-state index is 11.5. The van der Waals surface area contributed by atoms with E-state index in [1.54, 1.807) is 0 Å². The molecular weight excluding hydrogens is 228 g/mol. The van der Waals surface area contributed by atoms with Crippen molar-refractivity contribution in [1.82, 2.24) is 9.55 Å². The zero-order valence-corrected chi connectivity index (χ0v) is 9.52. The van der Waals surface area contributed by atoms with Crippen molar-refractivity contribution in [1.29, 1.82) is 0 Å². The summed E-state index contributed by atoms with van der Waals surface area (Å²) in [6.07, 6.45) is 0. The van der Waals surface area contributed by atoms with Crippen molar-refractivity contribution in [3.63, 3.8) is 0 Å². The highest BCUT2D eigenvalue weighted by Gasteiger charge is 2.11. The number of hydrogen-bond donors (Lipinski definition) is 4. The zero-order chi connectivity index (χ0) is 12.8. The molecule has 5 N–H and O–H groups in total. The molecule has 0 aliphatic heterocycles. The van der Waals surface area contributed by atoms with Gasteiger partial charge < -0.3 is 20.9 Å². The number of nitrogens with two attached hydrogens (primary N) is 1. The van der Waals surface area contributed by atoms with Crippen molar-refractivity contribution in [3.8, 4) is 0 Å². The highest BCUT2D eigenvalue weighted by atomic mass is 16.5. The van der Waals surface area contributed by atoms with E-state index in [1.807, 2.05) is 0 Å². The average molecular weight is 244 g/mol. The molecule has 0 saturated heterocycles. The van der Waals surface area contributed by atoms with Crippen LogP contribution >= 0.6 is 0 Å². The van der Waals surface area contributed by atoms with Crippen LogP contribution in [0, 0.1) is 0 Å². The normalized spacial score (nSPS) is 10.5. The number of aliphatic hydroxyl groups excluding tert-OH is 1. The Morgan fingerprint density at radius 1 is 1.53 bits per heavy atom. The van der Waals surface area contributed by atoms with Gasteiger partial charge in [0.25, 0.3) is 5.56 Å². The zero-order valence-electron chi connectivity index (χ0n) is 9.52. The standard InChI is InChI=1S/C9H16N4O4/c1-17-5-3-13-7(10)6(11-2-4-14)8(15)12-9(13)16/h11,14H,2-5,10H2,1H3,(H,12,15,16). The van der Waals surface area contributed by atoms with Gasteiger partial charge in [0.15, 0.2) is 0 Å². The molecule has 8 nitrogen and oxygen atoms in total. The number of anilines is 2. The molecule has 0 atom stereocenters. The van der Waals surface area contributed by atoms with E-state index in [0.717, 1.165) is 0 Å². The van der Waals surface area contributed by atoms with Crippen LogP contribution < -0.4 is 22.3 Å². The molecule has 17 heavy (non-hydrogen) atoms. The molecule has 1 rings (SSSR count). The Kier molecular flexibility index (Phi) is 4.73. The Balaban J connectivity index is 3.13. The fourth-order valence-corrected chi connectivity index (χ4v) is 1.34. The quantitative estimate of drug-likeness (QED) is 0.467. The second-order valence-electron chi connectivity index (χ2n) is 3.31. The molecule has 1 aromatic rings. The number of aliphatic hydroxyl groups is 1. The third-order valence-corrected chi connectivity index (χ3v) is 2.17. The largest absolute Gasteiger partial charge is 0.395 e. The van der Waals surface area contributed by atoms with E-state index >= 15 is 0 Å². The average Bonchev–Trinajstić information content (AvgIpc) is 2.28. The monoisotopic (exact) mass is 244 g/mol. The third kappa shape index (κ3) is 3.08. The lowest BCUT2D eigenvalue weighted by Gasteiger charge is -2.12. The topological polar surface area (TPSA) is 122 Å². The van der Waals surface area contributed by atoms with Crippen molar-refractivity contribution in [3.05, 3.63) is 20.8 Å². The van der Waals surface area contributed by atoms with Gasteiger partial charge in [-0.25, -0.2) is 4.79 Å². The van der Waals surface area contributed by atoms with Gasteiger partial charge >= 0.3 is 5.69 Å². The first-order chi connectivity index (χ1) is 8.11. The van der Waals surface area contributed by atoms with Crippen LogP contribution in [0.2, 0.25) is 0 Å². The molecule has 96 valence electrons. The number of aromatic nitrogens is 2. The second-order valence-corrected chi connectivity index (χ2v) is 3.31. The first-order valence-electron chi connectivity index (χ1n) is 5.08. The Morgan fingerprint density at radius 2 is 2.24 bits per heavy atom. The summed E-state index contributed by atoms with van der Waals surface area (Å²) in [6.45, 7) is 0.577. The highest BCUT2D eigenvalue weighted by molar-refractivity contribution is 5.60. The summed E-state index contributed by atoms with van der Waals surface area (Å²) in [5, 5.41) is 11.3. The van der Waals surface area contributed by atoms with Gasteiger partial charge in [-0.1, -0.05) is 0 Å². The molecule has 0 bridgehead atoms. The molecule has 0 spiro atoms. The smallest absolute Gasteiger partial charge is 0.330 e. The van der Waals surface area contributed by atoms with Gasteiger partial charge in [-0.2, -0.15) is 0 Å². The molecule has 8 heteroatoms. The van der Waals surface area contributed by atoms with Gasteiger partial charge in [0.2, 0.25) is 0 Å². The molecule has 1 heterocycles. The van der Waals surface area contributed by atoms with Crippen LogP contribution in [0.25, 0.3) is 0 Å². The second kappa shape index (κ2) is 6.06. The Morgan fingerprint density at radius 3 is 2.82 bits per heavy atom. The van der Waals surface area contributed by atoms with Crippen LogP contribution in [0.3, 0.4) is 0 Å². The Bertz CT molecular complexity index is 439. The number of nitrogens with zero attached hydrogens (tertiary/aromatic N) is 1. The molecule has 0 saturated carbocycles. The van der Waals surface area contributed by atoms with Crippen LogP contribution in [0.5, 0.6) is 0 Å². The fourth-order valence-electron chi connectivity index (χ4n) is 1.34. The van der Waals surface area contributed by atoms with Crippen LogP contribution in [0.1, 0.15) is 0 Å². The number of rotatable bonds is 6. The van der Waals surface area contributed by atoms with E-state index in [0.29, 0.717) is 6.61 Å². The van der Waals surface area contributed by atoms with Gasteiger partial charge in [-0.05, 0) is 0 Å². The van der Waals surface area contributed by atoms with Crippen LogP contribution in [0.15, 0.2) is 9.59 Å². The lowest BCUT2D eigenvalue weighted by molar-refractivity contribution is 0.186. The summed E-state index contributed by atoms with van der Waals surface area (Å²) in [7, 11) is 1.50. The van der Waals surface area contributed by atoms with Crippen molar-refractivity contribution >= 4 is 11.5 Å². The maximum absolute atomic E-state index is 11.5. The SMILES string of the molecule is COCCn1c(N)c(NCCO)c(=O)[nH]c1=O. The van der Waals surface area contributed by atoms with Crippen LogP contribution in [0.4, 0.5) is 11.5 Å². The van der Waals surface area contributed by atoms with Gasteiger partial charge in [-0.15, -0.1) is 0 Å². The van der Waals surface area contributed by atoms with E-state index in [4.69, 9.17) is 15.6 Å². The van der Waals surface area contributed by atoms with Gasteiger partial charge in [0.05, 0.1) is 19.8 Å². The molecule has 1 aromatic heterocycles. The Labute approximate surface area is 97.0 Å². The highest BCUT2D eigenvalue weighted by Crippen LogP contribution is 2.08. The Hall–Kier alpha value is -1.80. The number of ether oxygens (including phenoxy) is 1. The van der Waals surface area contributed by atoms with Crippen LogP contribution in [-0.4, -0.2) is 41.5 Å². The minimum Gasteiger partial charge on any atom is -0.395 e. The first-order valence-corrected chi connectivity index (χ1v) is 5.08. The molecule has 0 fully saturated rings. The third-order valence-electron chi connectivity index (χ3n) is 2.17. The molecule has 0 aliphatic carbocycles. The van der Waals surface area contributed by atoms with Crippen LogP contribution in [-0.2, 0) is 11.3 Å². The summed E-state index contributed by atoms with van der Waals surface area (Å²) >= 11 is 0. The maximum Gasteiger partial charge on any atom is 0.330 e. The molecular formula is C9H16N4O4. The van der Waals surface area contributed by atoms with E-state index < -0.39 is 11.2 Å². The summed E-state index contributed by atoms with van der Waals surface area (Å²) in [6, 6.07) is 0. The number of methoxy groups -OCH3 is 1.